The van der Waals surface area contributed by atoms with E-state index in [9.17, 15) is 0 Å². The molecule has 2 aromatic heterocycles. The Kier molecular flexibility index (Phi) is 3.19. The van der Waals surface area contributed by atoms with Crippen LogP contribution in [0.3, 0.4) is 0 Å². The first kappa shape index (κ1) is 11.5. The average molecular weight is 245 g/mol. The van der Waals surface area contributed by atoms with Gasteiger partial charge in [0, 0.05) is 25.0 Å². The van der Waals surface area contributed by atoms with Crippen LogP contribution in [0.5, 0.6) is 0 Å². The van der Waals surface area contributed by atoms with Crippen molar-refractivity contribution in [1.82, 2.24) is 14.5 Å². The Morgan fingerprint density at radius 3 is 3.11 bits per heavy atom. The number of rotatable bonds is 4. The summed E-state index contributed by atoms with van der Waals surface area (Å²) in [5, 5.41) is 0. The number of nitrogens with zero attached hydrogens (tertiary/aromatic N) is 3. The van der Waals surface area contributed by atoms with Crippen LogP contribution in [-0.2, 0) is 13.1 Å². The summed E-state index contributed by atoms with van der Waals surface area (Å²) in [6.07, 6.45) is 8.31. The molecule has 0 aromatic carbocycles. The van der Waals surface area contributed by atoms with Gasteiger partial charge in [0.25, 0.3) is 0 Å². The maximum Gasteiger partial charge on any atom is 0.118 e. The van der Waals surface area contributed by atoms with Crippen molar-refractivity contribution in [1.29, 1.82) is 0 Å². The van der Waals surface area contributed by atoms with Gasteiger partial charge >= 0.3 is 0 Å². The highest BCUT2D eigenvalue weighted by atomic mass is 16.3. The molecule has 4 heteroatoms. The van der Waals surface area contributed by atoms with Crippen molar-refractivity contribution in [2.75, 3.05) is 6.54 Å². The van der Waals surface area contributed by atoms with Gasteiger partial charge < -0.3 is 8.98 Å². The van der Waals surface area contributed by atoms with Gasteiger partial charge in [-0.1, -0.05) is 0 Å². The van der Waals surface area contributed by atoms with Crippen molar-refractivity contribution in [2.45, 2.75) is 38.9 Å². The fourth-order valence-electron chi connectivity index (χ4n) is 2.72. The molecule has 0 aliphatic carbocycles. The molecular formula is C14H19N3O. The van der Waals surface area contributed by atoms with Crippen LogP contribution in [-0.4, -0.2) is 27.0 Å². The normalized spacial score (nSPS) is 20.6. The highest BCUT2D eigenvalue weighted by Gasteiger charge is 2.25. The number of aromatic nitrogens is 2. The van der Waals surface area contributed by atoms with E-state index in [1.165, 1.54) is 19.4 Å². The van der Waals surface area contributed by atoms with Crippen LogP contribution in [0.25, 0.3) is 0 Å². The molecule has 2 aromatic rings. The molecule has 18 heavy (non-hydrogen) atoms. The molecule has 0 amide bonds. The fraction of sp³-hybridized carbons (Fsp3) is 0.500. The van der Waals surface area contributed by atoms with Crippen molar-refractivity contribution >= 4 is 0 Å². The van der Waals surface area contributed by atoms with Gasteiger partial charge in [-0.05, 0) is 38.4 Å². The molecule has 96 valence electrons. The molecule has 0 unspecified atom stereocenters. The summed E-state index contributed by atoms with van der Waals surface area (Å²) in [6.45, 7) is 5.11. The fourth-order valence-corrected chi connectivity index (χ4v) is 2.72. The summed E-state index contributed by atoms with van der Waals surface area (Å²) in [4.78, 5) is 6.61. The van der Waals surface area contributed by atoms with E-state index in [4.69, 9.17) is 4.42 Å². The van der Waals surface area contributed by atoms with E-state index in [0.29, 0.717) is 6.04 Å². The van der Waals surface area contributed by atoms with Gasteiger partial charge in [0.1, 0.15) is 11.5 Å². The predicted molar refractivity (Wildman–Crippen MR) is 69.1 cm³/mol. The minimum atomic E-state index is 0.601. The summed E-state index contributed by atoms with van der Waals surface area (Å²) in [6, 6.07) is 4.72. The van der Waals surface area contributed by atoms with Gasteiger partial charge in [-0.3, -0.25) is 4.90 Å². The molecule has 1 saturated heterocycles. The number of aryl methyl sites for hydroxylation is 1. The van der Waals surface area contributed by atoms with Crippen LogP contribution >= 0.6 is 0 Å². The molecule has 1 atom stereocenters. The summed E-state index contributed by atoms with van der Waals surface area (Å²) >= 11 is 0. The molecule has 0 N–H and O–H groups in total. The largest absolute Gasteiger partial charge is 0.465 e. The zero-order chi connectivity index (χ0) is 12.4. The van der Waals surface area contributed by atoms with Gasteiger partial charge in [0.15, 0.2) is 0 Å². The minimum absolute atomic E-state index is 0.601. The highest BCUT2D eigenvalue weighted by molar-refractivity contribution is 5.06. The van der Waals surface area contributed by atoms with E-state index < -0.39 is 0 Å². The third-order valence-electron chi connectivity index (χ3n) is 3.63. The van der Waals surface area contributed by atoms with Gasteiger partial charge in [-0.25, -0.2) is 4.98 Å². The number of likely N-dealkylation sites (tertiary alicyclic amines) is 1. The van der Waals surface area contributed by atoms with E-state index in [-0.39, 0.29) is 0 Å². The molecule has 0 bridgehead atoms. The zero-order valence-electron chi connectivity index (χ0n) is 10.7. The molecule has 3 heterocycles. The molecule has 1 fully saturated rings. The SMILES string of the molecule is Cc1ccc(CN2CCC[C@H]2Cn2ccnc2)o1. The van der Waals surface area contributed by atoms with Crippen LogP contribution in [0.4, 0.5) is 0 Å². The van der Waals surface area contributed by atoms with Crippen molar-refractivity contribution in [3.05, 3.63) is 42.4 Å². The first-order chi connectivity index (χ1) is 8.81. The molecule has 1 aliphatic rings. The third kappa shape index (κ3) is 2.48. The standard InChI is InChI=1S/C14H19N3O/c1-12-4-5-14(18-12)10-17-7-2-3-13(17)9-16-8-6-15-11-16/h4-6,8,11,13H,2-3,7,9-10H2,1H3/t13-/m0/s1. The average Bonchev–Trinajstić information content (AvgIpc) is 3.05. The van der Waals surface area contributed by atoms with E-state index in [1.54, 1.807) is 0 Å². The lowest BCUT2D eigenvalue weighted by molar-refractivity contribution is 0.207. The topological polar surface area (TPSA) is 34.2 Å². The Balaban J connectivity index is 1.64. The third-order valence-corrected chi connectivity index (χ3v) is 3.63. The second-order valence-corrected chi connectivity index (χ2v) is 5.04. The van der Waals surface area contributed by atoms with Crippen LogP contribution in [0.15, 0.2) is 35.3 Å². The van der Waals surface area contributed by atoms with Crippen LogP contribution in [0.1, 0.15) is 24.4 Å². The van der Waals surface area contributed by atoms with Crippen molar-refractivity contribution < 1.29 is 4.42 Å². The second-order valence-electron chi connectivity index (χ2n) is 5.04. The molecule has 3 rings (SSSR count). The van der Waals surface area contributed by atoms with Crippen molar-refractivity contribution in [2.24, 2.45) is 0 Å². The Hall–Kier alpha value is -1.55. The first-order valence-corrected chi connectivity index (χ1v) is 6.56. The molecule has 0 radical (unpaired) electrons. The Labute approximate surface area is 107 Å². The molecule has 0 saturated carbocycles. The van der Waals surface area contributed by atoms with E-state index in [2.05, 4.69) is 20.5 Å². The van der Waals surface area contributed by atoms with Gasteiger partial charge in [0.2, 0.25) is 0 Å². The summed E-state index contributed by atoms with van der Waals surface area (Å²) in [5.41, 5.74) is 0. The van der Waals surface area contributed by atoms with Crippen molar-refractivity contribution in [3.8, 4) is 0 Å². The van der Waals surface area contributed by atoms with Gasteiger partial charge in [-0.2, -0.15) is 0 Å². The van der Waals surface area contributed by atoms with Crippen LogP contribution in [0, 0.1) is 6.92 Å². The predicted octanol–water partition coefficient (Wildman–Crippen LogP) is 2.45. The summed E-state index contributed by atoms with van der Waals surface area (Å²) in [7, 11) is 0. The number of hydrogen-bond donors (Lipinski definition) is 0. The molecule has 4 nitrogen and oxygen atoms in total. The second kappa shape index (κ2) is 4.98. The minimum Gasteiger partial charge on any atom is -0.465 e. The maximum absolute atomic E-state index is 5.67. The molecular weight excluding hydrogens is 226 g/mol. The molecule has 1 aliphatic heterocycles. The Morgan fingerprint density at radius 1 is 1.44 bits per heavy atom. The lowest BCUT2D eigenvalue weighted by Crippen LogP contribution is -2.32. The van der Waals surface area contributed by atoms with Gasteiger partial charge in [0.05, 0.1) is 12.9 Å². The lowest BCUT2D eigenvalue weighted by atomic mass is 10.2. The smallest absolute Gasteiger partial charge is 0.118 e. The Morgan fingerprint density at radius 2 is 2.39 bits per heavy atom. The van der Waals surface area contributed by atoms with E-state index in [0.717, 1.165) is 24.6 Å². The number of furan rings is 1. The van der Waals surface area contributed by atoms with Crippen LogP contribution in [0.2, 0.25) is 0 Å². The monoisotopic (exact) mass is 245 g/mol. The summed E-state index contributed by atoms with van der Waals surface area (Å²) in [5.74, 6) is 2.07. The van der Waals surface area contributed by atoms with Crippen LogP contribution < -0.4 is 0 Å². The van der Waals surface area contributed by atoms with E-state index >= 15 is 0 Å². The zero-order valence-corrected chi connectivity index (χ0v) is 10.7. The number of imidazole rings is 1. The quantitative estimate of drug-likeness (QED) is 0.829. The van der Waals surface area contributed by atoms with Gasteiger partial charge in [-0.15, -0.1) is 0 Å². The molecule has 0 spiro atoms. The Bertz CT molecular complexity index is 489. The first-order valence-electron chi connectivity index (χ1n) is 6.56. The highest BCUT2D eigenvalue weighted by Crippen LogP contribution is 2.22. The van der Waals surface area contributed by atoms with Crippen molar-refractivity contribution in [3.63, 3.8) is 0 Å². The maximum atomic E-state index is 5.67. The van der Waals surface area contributed by atoms with E-state index in [1.807, 2.05) is 31.7 Å². The lowest BCUT2D eigenvalue weighted by Gasteiger charge is -2.23. The number of hydrogen-bond acceptors (Lipinski definition) is 3. The summed E-state index contributed by atoms with van der Waals surface area (Å²) < 4.78 is 7.83.